The number of rotatable bonds is 3. The molecule has 194 valence electrons. The van der Waals surface area contributed by atoms with Gasteiger partial charge in [0, 0.05) is 32.7 Å². The Morgan fingerprint density at radius 1 is 0.429 bits per heavy atom. The molecule has 0 amide bonds. The fourth-order valence-electron chi connectivity index (χ4n) is 6.47. The predicted molar refractivity (Wildman–Crippen MR) is 170 cm³/mol. The quantitative estimate of drug-likeness (QED) is 0.227. The lowest BCUT2D eigenvalue weighted by Crippen LogP contribution is -2.03. The van der Waals surface area contributed by atoms with Crippen molar-refractivity contribution in [1.82, 2.24) is 9.13 Å². The maximum absolute atomic E-state index is 10.5. The molecule has 2 aromatic heterocycles. The molecule has 0 N–H and O–H groups in total. The van der Waals surface area contributed by atoms with Crippen molar-refractivity contribution in [2.24, 2.45) is 0 Å². The molecule has 4 nitrogen and oxygen atoms in total. The Kier molecular flexibility index (Phi) is 5.22. The molecule has 0 aliphatic carbocycles. The molecular formula is C38H22N4. The van der Waals surface area contributed by atoms with Gasteiger partial charge in [0.15, 0.2) is 0 Å². The van der Waals surface area contributed by atoms with Crippen molar-refractivity contribution in [3.8, 4) is 34.6 Å². The molecule has 2 heterocycles. The number of benzene rings is 6. The molecule has 42 heavy (non-hydrogen) atoms. The maximum Gasteiger partial charge on any atom is 0.0998 e. The predicted octanol–water partition coefficient (Wildman–Crippen LogP) is 9.29. The highest BCUT2D eigenvalue weighted by Gasteiger charge is 2.22. The molecule has 8 rings (SSSR count). The minimum absolute atomic E-state index is 0.537. The van der Waals surface area contributed by atoms with Crippen LogP contribution in [0.25, 0.3) is 66.1 Å². The lowest BCUT2D eigenvalue weighted by atomic mass is 9.94. The molecule has 8 aromatic rings. The maximum atomic E-state index is 10.5. The summed E-state index contributed by atoms with van der Waals surface area (Å²) in [6.07, 6.45) is 0. The molecule has 0 saturated carbocycles. The van der Waals surface area contributed by atoms with Crippen LogP contribution in [-0.2, 0) is 0 Å². The molecule has 0 radical (unpaired) electrons. The van der Waals surface area contributed by atoms with E-state index in [1.54, 1.807) is 0 Å². The number of nitrogens with zero attached hydrogens (tertiary/aromatic N) is 4. The van der Waals surface area contributed by atoms with Gasteiger partial charge in [-0.2, -0.15) is 10.5 Å². The normalized spacial score (nSPS) is 11.3. The van der Waals surface area contributed by atoms with E-state index in [1.807, 2.05) is 54.6 Å². The van der Waals surface area contributed by atoms with Crippen LogP contribution in [0.4, 0.5) is 0 Å². The number of fused-ring (bicyclic) bond motifs is 6. The third-order valence-corrected chi connectivity index (χ3v) is 8.20. The third-order valence-electron chi connectivity index (χ3n) is 8.20. The van der Waals surface area contributed by atoms with Gasteiger partial charge in [-0.3, -0.25) is 0 Å². The zero-order valence-corrected chi connectivity index (χ0v) is 22.5. The highest BCUT2D eigenvalue weighted by atomic mass is 15.0. The summed E-state index contributed by atoms with van der Waals surface area (Å²) in [5.74, 6) is 0. The van der Waals surface area contributed by atoms with E-state index < -0.39 is 0 Å². The molecule has 0 unspecified atom stereocenters. The lowest BCUT2D eigenvalue weighted by molar-refractivity contribution is 1.16. The first-order valence-corrected chi connectivity index (χ1v) is 13.8. The van der Waals surface area contributed by atoms with Gasteiger partial charge in [0.05, 0.1) is 56.7 Å². The first-order chi connectivity index (χ1) is 20.8. The van der Waals surface area contributed by atoms with Crippen molar-refractivity contribution in [3.05, 3.63) is 145 Å². The summed E-state index contributed by atoms with van der Waals surface area (Å²) in [7, 11) is 0. The second kappa shape index (κ2) is 9.24. The summed E-state index contributed by atoms with van der Waals surface area (Å²) >= 11 is 0. The minimum atomic E-state index is 0.537. The Balaban J connectivity index is 1.54. The Morgan fingerprint density at radius 2 is 0.905 bits per heavy atom. The van der Waals surface area contributed by atoms with E-state index in [0.29, 0.717) is 11.1 Å². The lowest BCUT2D eigenvalue weighted by Gasteiger charge is -2.20. The first-order valence-electron chi connectivity index (χ1n) is 13.8. The van der Waals surface area contributed by atoms with E-state index in [1.165, 1.54) is 0 Å². The number of aromatic nitrogens is 2. The topological polar surface area (TPSA) is 57.4 Å². The summed E-state index contributed by atoms with van der Waals surface area (Å²) in [6, 6.07) is 50.0. The Labute approximate surface area is 242 Å². The summed E-state index contributed by atoms with van der Waals surface area (Å²) in [6.45, 7) is 0. The fraction of sp³-hybridized carbons (Fsp3) is 0. The highest BCUT2D eigenvalue weighted by molar-refractivity contribution is 6.11. The second-order valence-electron chi connectivity index (χ2n) is 10.4. The van der Waals surface area contributed by atoms with Gasteiger partial charge < -0.3 is 9.13 Å². The SMILES string of the molecule is N#Cc1ccc(-n2c3ccccc3c3ccccc32)c(-c2c(C#N)cccc2-n2c3ccccc3c3ccccc32)c1. The van der Waals surface area contributed by atoms with Crippen LogP contribution < -0.4 is 0 Å². The summed E-state index contributed by atoms with van der Waals surface area (Å²) < 4.78 is 4.50. The molecule has 6 aromatic carbocycles. The van der Waals surface area contributed by atoms with Crippen LogP contribution in [-0.4, -0.2) is 9.13 Å². The van der Waals surface area contributed by atoms with Crippen LogP contribution in [0.5, 0.6) is 0 Å². The molecule has 0 saturated heterocycles. The van der Waals surface area contributed by atoms with Gasteiger partial charge in [-0.1, -0.05) is 78.9 Å². The van der Waals surface area contributed by atoms with Crippen LogP contribution in [0.3, 0.4) is 0 Å². The van der Waals surface area contributed by atoms with Gasteiger partial charge in [-0.15, -0.1) is 0 Å². The Hall–Kier alpha value is -6.10. The van der Waals surface area contributed by atoms with E-state index in [-0.39, 0.29) is 0 Å². The molecule has 0 spiro atoms. The van der Waals surface area contributed by atoms with Crippen LogP contribution in [0.1, 0.15) is 11.1 Å². The summed E-state index contributed by atoms with van der Waals surface area (Å²) in [5.41, 5.74) is 8.77. The van der Waals surface area contributed by atoms with Crippen LogP contribution in [0.2, 0.25) is 0 Å². The van der Waals surface area contributed by atoms with Gasteiger partial charge in [-0.25, -0.2) is 0 Å². The minimum Gasteiger partial charge on any atom is -0.309 e. The molecule has 0 fully saturated rings. The van der Waals surface area contributed by atoms with Crippen molar-refractivity contribution in [2.45, 2.75) is 0 Å². The van der Waals surface area contributed by atoms with Crippen LogP contribution in [0, 0.1) is 22.7 Å². The molecular weight excluding hydrogens is 512 g/mol. The molecule has 0 aliphatic rings. The Bertz CT molecular complexity index is 2340. The van der Waals surface area contributed by atoms with Gasteiger partial charge >= 0.3 is 0 Å². The first kappa shape index (κ1) is 23.8. The van der Waals surface area contributed by atoms with E-state index in [2.05, 4.69) is 100 Å². The van der Waals surface area contributed by atoms with Gasteiger partial charge in [0.2, 0.25) is 0 Å². The molecule has 0 aliphatic heterocycles. The highest BCUT2D eigenvalue weighted by Crippen LogP contribution is 2.42. The number of para-hydroxylation sites is 4. The summed E-state index contributed by atoms with van der Waals surface area (Å²) in [5, 5.41) is 25.1. The van der Waals surface area contributed by atoms with E-state index in [0.717, 1.165) is 66.1 Å². The number of hydrogen-bond donors (Lipinski definition) is 0. The third kappa shape index (κ3) is 3.33. The van der Waals surface area contributed by atoms with E-state index >= 15 is 0 Å². The van der Waals surface area contributed by atoms with Gasteiger partial charge in [0.25, 0.3) is 0 Å². The fourth-order valence-corrected chi connectivity index (χ4v) is 6.47. The molecule has 0 atom stereocenters. The van der Waals surface area contributed by atoms with Crippen molar-refractivity contribution in [1.29, 1.82) is 10.5 Å². The van der Waals surface area contributed by atoms with Crippen molar-refractivity contribution >= 4 is 43.6 Å². The van der Waals surface area contributed by atoms with Crippen LogP contribution >= 0.6 is 0 Å². The number of hydrogen-bond acceptors (Lipinski definition) is 2. The molecule has 4 heteroatoms. The van der Waals surface area contributed by atoms with Gasteiger partial charge in [-0.05, 0) is 54.6 Å². The zero-order valence-electron chi connectivity index (χ0n) is 22.5. The molecule has 0 bridgehead atoms. The smallest absolute Gasteiger partial charge is 0.0998 e. The average molecular weight is 535 g/mol. The standard InChI is InChI=1S/C38H22N4/c39-23-25-20-21-36(41-32-15-5-1-11-27(32)28-12-2-6-16-33(28)41)31(22-25)38-26(24-40)10-9-19-37(38)42-34-17-7-3-13-29(34)30-14-4-8-18-35(30)42/h1-22H. The number of nitriles is 2. The summed E-state index contributed by atoms with van der Waals surface area (Å²) in [4.78, 5) is 0. The van der Waals surface area contributed by atoms with E-state index in [9.17, 15) is 10.5 Å². The van der Waals surface area contributed by atoms with E-state index in [4.69, 9.17) is 0 Å². The largest absolute Gasteiger partial charge is 0.309 e. The van der Waals surface area contributed by atoms with Crippen LogP contribution in [0.15, 0.2) is 133 Å². The van der Waals surface area contributed by atoms with Crippen molar-refractivity contribution in [2.75, 3.05) is 0 Å². The van der Waals surface area contributed by atoms with Crippen molar-refractivity contribution < 1.29 is 0 Å². The monoisotopic (exact) mass is 534 g/mol. The second-order valence-corrected chi connectivity index (χ2v) is 10.4. The van der Waals surface area contributed by atoms with Gasteiger partial charge in [0.1, 0.15) is 0 Å². The average Bonchev–Trinajstić information content (AvgIpc) is 3.57. The van der Waals surface area contributed by atoms with Crippen molar-refractivity contribution in [3.63, 3.8) is 0 Å². The Morgan fingerprint density at radius 3 is 1.38 bits per heavy atom. The zero-order chi connectivity index (χ0) is 28.2.